The first-order chi connectivity index (χ1) is 12.6. The first kappa shape index (κ1) is 17.7. The van der Waals surface area contributed by atoms with E-state index in [2.05, 4.69) is 4.90 Å². The van der Waals surface area contributed by atoms with Crippen LogP contribution in [0.1, 0.15) is 25.7 Å². The Morgan fingerprint density at radius 1 is 1.12 bits per heavy atom. The minimum Gasteiger partial charge on any atom is -0.396 e. The van der Waals surface area contributed by atoms with Gasteiger partial charge < -0.3 is 19.6 Å². The van der Waals surface area contributed by atoms with Crippen molar-refractivity contribution in [2.24, 2.45) is 10.8 Å². The largest absolute Gasteiger partial charge is 0.396 e. The van der Waals surface area contributed by atoms with E-state index in [4.69, 9.17) is 4.74 Å². The number of hydrogen-bond donors (Lipinski definition) is 1. The fourth-order valence-electron chi connectivity index (χ4n) is 5.03. The second-order valence-electron chi connectivity index (χ2n) is 7.88. The maximum Gasteiger partial charge on any atom is 0.229 e. The van der Waals surface area contributed by atoms with E-state index in [0.717, 1.165) is 51.3 Å². The molecular weight excluding hydrogens is 335 g/mol. The molecule has 1 aromatic rings. The average molecular weight is 362 g/mol. The molecule has 1 unspecified atom stereocenters. The number of anilines is 1. The molecule has 0 bridgehead atoms. The zero-order valence-electron chi connectivity index (χ0n) is 15.1. The third kappa shape index (κ3) is 2.89. The zero-order valence-corrected chi connectivity index (χ0v) is 15.1. The number of piperazine rings is 1. The van der Waals surface area contributed by atoms with Gasteiger partial charge in [0.1, 0.15) is 5.82 Å². The van der Waals surface area contributed by atoms with Crippen LogP contribution in [0, 0.1) is 16.6 Å². The van der Waals surface area contributed by atoms with E-state index >= 15 is 0 Å². The van der Waals surface area contributed by atoms with Crippen LogP contribution in [-0.2, 0) is 9.53 Å². The summed E-state index contributed by atoms with van der Waals surface area (Å²) in [7, 11) is 0. The lowest BCUT2D eigenvalue weighted by atomic mass is 9.83. The molecule has 142 valence electrons. The summed E-state index contributed by atoms with van der Waals surface area (Å²) >= 11 is 0. The number of hydrogen-bond acceptors (Lipinski definition) is 4. The van der Waals surface area contributed by atoms with Crippen LogP contribution >= 0.6 is 0 Å². The van der Waals surface area contributed by atoms with Gasteiger partial charge in [0.25, 0.3) is 0 Å². The maximum atomic E-state index is 13.3. The van der Waals surface area contributed by atoms with E-state index in [1.807, 2.05) is 4.90 Å². The van der Waals surface area contributed by atoms with Crippen molar-refractivity contribution in [3.8, 4) is 0 Å². The summed E-state index contributed by atoms with van der Waals surface area (Å²) in [6.07, 6.45) is 3.30. The lowest BCUT2D eigenvalue weighted by molar-refractivity contribution is -0.140. The summed E-state index contributed by atoms with van der Waals surface area (Å²) in [5.41, 5.74) is 0.652. The number of amides is 1. The summed E-state index contributed by atoms with van der Waals surface area (Å²) in [5.74, 6) is -0.0174. The Kier molecular flexibility index (Phi) is 4.65. The molecule has 1 amide bonds. The van der Waals surface area contributed by atoms with Crippen LogP contribution in [-0.4, -0.2) is 61.9 Å². The van der Waals surface area contributed by atoms with Crippen molar-refractivity contribution in [1.82, 2.24) is 4.90 Å². The molecule has 2 aliphatic heterocycles. The van der Waals surface area contributed by atoms with Crippen molar-refractivity contribution in [1.29, 1.82) is 0 Å². The SMILES string of the molecule is O=C(N1CCN(c2ccc(F)cc2)CC1)C1(CCO)CC12CCOCC2. The Labute approximate surface area is 153 Å². The number of benzene rings is 1. The summed E-state index contributed by atoms with van der Waals surface area (Å²) in [6, 6.07) is 6.53. The number of aliphatic hydroxyl groups excluding tert-OH is 1. The van der Waals surface area contributed by atoms with Gasteiger partial charge in [0.05, 0.1) is 5.41 Å². The van der Waals surface area contributed by atoms with Crippen molar-refractivity contribution in [2.75, 3.05) is 50.9 Å². The van der Waals surface area contributed by atoms with Gasteiger partial charge in [0, 0.05) is 51.7 Å². The van der Waals surface area contributed by atoms with Gasteiger partial charge in [-0.05, 0) is 55.4 Å². The Morgan fingerprint density at radius 2 is 1.77 bits per heavy atom. The van der Waals surface area contributed by atoms with Crippen LogP contribution in [0.4, 0.5) is 10.1 Å². The van der Waals surface area contributed by atoms with Crippen LogP contribution in [0.15, 0.2) is 24.3 Å². The summed E-state index contributed by atoms with van der Waals surface area (Å²) < 4.78 is 18.6. The molecule has 6 heteroatoms. The average Bonchev–Trinajstić information content (AvgIpc) is 3.29. The second kappa shape index (κ2) is 6.82. The van der Waals surface area contributed by atoms with Crippen molar-refractivity contribution in [2.45, 2.75) is 25.7 Å². The van der Waals surface area contributed by atoms with Crippen molar-refractivity contribution in [3.63, 3.8) is 0 Å². The van der Waals surface area contributed by atoms with E-state index in [0.29, 0.717) is 19.5 Å². The van der Waals surface area contributed by atoms with Gasteiger partial charge in [-0.1, -0.05) is 0 Å². The number of halogens is 1. The predicted molar refractivity (Wildman–Crippen MR) is 96.4 cm³/mol. The number of aliphatic hydroxyl groups is 1. The van der Waals surface area contributed by atoms with Crippen molar-refractivity contribution < 1.29 is 19.0 Å². The number of ether oxygens (including phenoxy) is 1. The van der Waals surface area contributed by atoms with Gasteiger partial charge in [-0.15, -0.1) is 0 Å². The molecule has 3 aliphatic rings. The van der Waals surface area contributed by atoms with Gasteiger partial charge in [-0.3, -0.25) is 4.79 Å². The number of carbonyl (C=O) groups excluding carboxylic acids is 1. The van der Waals surface area contributed by atoms with Crippen LogP contribution in [0.3, 0.4) is 0 Å². The van der Waals surface area contributed by atoms with E-state index in [-0.39, 0.29) is 29.2 Å². The molecule has 1 spiro atoms. The topological polar surface area (TPSA) is 53.0 Å². The predicted octanol–water partition coefficient (Wildman–Crippen LogP) is 2.04. The number of carbonyl (C=O) groups is 1. The quantitative estimate of drug-likeness (QED) is 0.891. The highest BCUT2D eigenvalue weighted by atomic mass is 19.1. The molecule has 0 aromatic heterocycles. The molecule has 2 saturated heterocycles. The van der Waals surface area contributed by atoms with Crippen LogP contribution in [0.25, 0.3) is 0 Å². The summed E-state index contributed by atoms with van der Waals surface area (Å²) in [6.45, 7) is 4.36. The molecule has 1 aromatic carbocycles. The molecule has 1 saturated carbocycles. The molecule has 1 aliphatic carbocycles. The normalized spacial score (nSPS) is 27.6. The Morgan fingerprint density at radius 3 is 2.38 bits per heavy atom. The third-order valence-corrected chi connectivity index (χ3v) is 6.69. The minimum absolute atomic E-state index is 0.0408. The summed E-state index contributed by atoms with van der Waals surface area (Å²) in [4.78, 5) is 17.5. The number of rotatable bonds is 4. The van der Waals surface area contributed by atoms with Gasteiger partial charge in [-0.25, -0.2) is 4.39 Å². The maximum absolute atomic E-state index is 13.3. The van der Waals surface area contributed by atoms with Crippen LogP contribution in [0.2, 0.25) is 0 Å². The molecule has 2 heterocycles. The summed E-state index contributed by atoms with van der Waals surface area (Å²) in [5, 5.41) is 9.58. The molecule has 3 fully saturated rings. The Bertz CT molecular complexity index is 652. The van der Waals surface area contributed by atoms with E-state index in [1.165, 1.54) is 12.1 Å². The third-order valence-electron chi connectivity index (χ3n) is 6.69. The van der Waals surface area contributed by atoms with Gasteiger partial charge in [-0.2, -0.15) is 0 Å². The molecule has 26 heavy (non-hydrogen) atoms. The fraction of sp³-hybridized carbons (Fsp3) is 0.650. The Balaban J connectivity index is 1.42. The van der Waals surface area contributed by atoms with E-state index in [1.54, 1.807) is 12.1 Å². The van der Waals surface area contributed by atoms with Gasteiger partial charge in [0.2, 0.25) is 5.91 Å². The van der Waals surface area contributed by atoms with E-state index < -0.39 is 0 Å². The molecule has 4 rings (SSSR count). The Hall–Kier alpha value is -1.66. The molecule has 5 nitrogen and oxygen atoms in total. The van der Waals surface area contributed by atoms with Crippen molar-refractivity contribution in [3.05, 3.63) is 30.1 Å². The lowest BCUT2D eigenvalue weighted by Gasteiger charge is -2.39. The highest BCUT2D eigenvalue weighted by molar-refractivity contribution is 5.87. The fourth-order valence-corrected chi connectivity index (χ4v) is 5.03. The molecular formula is C20H27FN2O3. The highest BCUT2D eigenvalue weighted by Crippen LogP contribution is 2.71. The first-order valence-electron chi connectivity index (χ1n) is 9.59. The van der Waals surface area contributed by atoms with E-state index in [9.17, 15) is 14.3 Å². The highest BCUT2D eigenvalue weighted by Gasteiger charge is 2.71. The zero-order chi connectivity index (χ0) is 18.2. The molecule has 1 N–H and O–H groups in total. The molecule has 1 atom stereocenters. The van der Waals surface area contributed by atoms with Crippen LogP contribution in [0.5, 0.6) is 0 Å². The molecule has 0 radical (unpaired) electrons. The number of nitrogens with zero attached hydrogens (tertiary/aromatic N) is 2. The smallest absolute Gasteiger partial charge is 0.229 e. The first-order valence-corrected chi connectivity index (χ1v) is 9.59. The second-order valence-corrected chi connectivity index (χ2v) is 7.88. The standard InChI is InChI=1S/C20H27FN2O3/c21-16-1-3-17(4-2-16)22-8-10-23(11-9-22)18(25)20(5-12-24)15-19(20)6-13-26-14-7-19/h1-4,24H,5-15H2. The minimum atomic E-state index is -0.385. The van der Waals surface area contributed by atoms with Gasteiger partial charge in [0.15, 0.2) is 0 Å². The lowest BCUT2D eigenvalue weighted by Crippen LogP contribution is -2.52. The van der Waals surface area contributed by atoms with Crippen LogP contribution < -0.4 is 4.90 Å². The van der Waals surface area contributed by atoms with Crippen molar-refractivity contribution >= 4 is 11.6 Å². The van der Waals surface area contributed by atoms with Gasteiger partial charge >= 0.3 is 0 Å². The monoisotopic (exact) mass is 362 g/mol.